The number of ether oxygens (including phenoxy) is 4. The molecule has 1 N–H and O–H groups in total. The molecule has 0 saturated heterocycles. The molecule has 1 aliphatic carbocycles. The van der Waals surface area contributed by atoms with Crippen molar-refractivity contribution in [3.05, 3.63) is 24.0 Å². The third kappa shape index (κ3) is 5.15. The molecule has 2 aliphatic rings. The van der Waals surface area contributed by atoms with E-state index in [-0.39, 0.29) is 13.2 Å². The van der Waals surface area contributed by atoms with E-state index >= 15 is 0 Å². The van der Waals surface area contributed by atoms with Gasteiger partial charge >= 0.3 is 11.9 Å². The summed E-state index contributed by atoms with van der Waals surface area (Å²) in [7, 11) is 0. The van der Waals surface area contributed by atoms with Crippen LogP contribution in [-0.4, -0.2) is 63.8 Å². The zero-order chi connectivity index (χ0) is 20.1. The van der Waals surface area contributed by atoms with Crippen LogP contribution in [0.1, 0.15) is 38.8 Å². The van der Waals surface area contributed by atoms with Gasteiger partial charge in [-0.05, 0) is 31.4 Å². The number of aromatic nitrogens is 3. The summed E-state index contributed by atoms with van der Waals surface area (Å²) in [6.45, 7) is 3.25. The zero-order valence-corrected chi connectivity index (χ0v) is 15.9. The van der Waals surface area contributed by atoms with E-state index in [1.807, 2.05) is 0 Å². The molecule has 0 unspecified atom stereocenters. The predicted molar refractivity (Wildman–Crippen MR) is 93.7 cm³/mol. The number of esters is 2. The maximum atomic E-state index is 11.2. The van der Waals surface area contributed by atoms with E-state index in [4.69, 9.17) is 18.9 Å². The van der Waals surface area contributed by atoms with Crippen molar-refractivity contribution in [1.82, 2.24) is 15.0 Å². The van der Waals surface area contributed by atoms with Crippen molar-refractivity contribution in [2.75, 3.05) is 13.2 Å². The lowest BCUT2D eigenvalue weighted by molar-refractivity contribution is -0.197. The first-order valence-corrected chi connectivity index (χ1v) is 9.25. The lowest BCUT2D eigenvalue weighted by Crippen LogP contribution is -2.42. The molecule has 1 fully saturated rings. The van der Waals surface area contributed by atoms with Crippen LogP contribution in [0.2, 0.25) is 0 Å². The molecule has 1 aromatic rings. The van der Waals surface area contributed by atoms with Gasteiger partial charge in [0, 0.05) is 13.8 Å². The smallest absolute Gasteiger partial charge is 0.303 e. The molecule has 0 bridgehead atoms. The van der Waals surface area contributed by atoms with Crippen molar-refractivity contribution in [1.29, 1.82) is 0 Å². The molecule has 3 rings (SSSR count). The Balaban J connectivity index is 1.49. The van der Waals surface area contributed by atoms with E-state index in [9.17, 15) is 14.7 Å². The summed E-state index contributed by atoms with van der Waals surface area (Å²) in [6, 6.07) is 0. The van der Waals surface area contributed by atoms with Crippen LogP contribution in [0.25, 0.3) is 0 Å². The lowest BCUT2D eigenvalue weighted by atomic mass is 9.78. The summed E-state index contributed by atoms with van der Waals surface area (Å²) in [5, 5.41) is 18.3. The molecule has 154 valence electrons. The van der Waals surface area contributed by atoms with Crippen molar-refractivity contribution < 1.29 is 33.6 Å². The summed E-state index contributed by atoms with van der Waals surface area (Å²) >= 11 is 0. The summed E-state index contributed by atoms with van der Waals surface area (Å²) in [6.07, 6.45) is 5.43. The SMILES string of the molecule is CC(=O)OC[C@H]1O[C@H](OCCn2cc(C3(O)CCC3)nn2)C=C[C@@H]1OC(C)=O. The van der Waals surface area contributed by atoms with E-state index in [1.165, 1.54) is 13.8 Å². The van der Waals surface area contributed by atoms with Crippen molar-refractivity contribution in [3.63, 3.8) is 0 Å². The number of carbonyl (C=O) groups is 2. The van der Waals surface area contributed by atoms with E-state index in [1.54, 1.807) is 23.0 Å². The first-order valence-electron chi connectivity index (χ1n) is 9.25. The number of aliphatic hydroxyl groups is 1. The fourth-order valence-corrected chi connectivity index (χ4v) is 3.01. The monoisotopic (exact) mass is 395 g/mol. The number of hydrogen-bond donors (Lipinski definition) is 1. The maximum Gasteiger partial charge on any atom is 0.303 e. The minimum atomic E-state index is -0.843. The van der Waals surface area contributed by atoms with Gasteiger partial charge in [-0.1, -0.05) is 5.21 Å². The van der Waals surface area contributed by atoms with Crippen LogP contribution in [0, 0.1) is 0 Å². The molecule has 10 nitrogen and oxygen atoms in total. The molecule has 0 aromatic carbocycles. The highest BCUT2D eigenvalue weighted by molar-refractivity contribution is 5.66. The molecule has 0 spiro atoms. The predicted octanol–water partition coefficient (Wildman–Crippen LogP) is 0.442. The Morgan fingerprint density at radius 1 is 1.32 bits per heavy atom. The topological polar surface area (TPSA) is 122 Å². The minimum Gasteiger partial charge on any atom is -0.463 e. The second-order valence-electron chi connectivity index (χ2n) is 6.93. The fraction of sp³-hybridized carbons (Fsp3) is 0.667. The fourth-order valence-electron chi connectivity index (χ4n) is 3.01. The molecule has 3 atom stereocenters. The van der Waals surface area contributed by atoms with Gasteiger partial charge < -0.3 is 24.1 Å². The van der Waals surface area contributed by atoms with Crippen LogP contribution in [0.3, 0.4) is 0 Å². The molecular weight excluding hydrogens is 370 g/mol. The van der Waals surface area contributed by atoms with Gasteiger partial charge in [0.1, 0.15) is 30.1 Å². The molecule has 0 amide bonds. The van der Waals surface area contributed by atoms with E-state index in [0.29, 0.717) is 25.1 Å². The molecular formula is C18H25N3O7. The molecule has 1 aliphatic heterocycles. The molecule has 2 heterocycles. The average Bonchev–Trinajstić information content (AvgIpc) is 3.08. The first kappa shape index (κ1) is 20.4. The number of rotatable bonds is 8. The maximum absolute atomic E-state index is 11.2. The summed E-state index contributed by atoms with van der Waals surface area (Å²) < 4.78 is 23.1. The van der Waals surface area contributed by atoms with Crippen LogP contribution in [-0.2, 0) is 40.7 Å². The van der Waals surface area contributed by atoms with Gasteiger partial charge in [0.05, 0.1) is 19.3 Å². The highest BCUT2D eigenvalue weighted by Crippen LogP contribution is 2.39. The molecule has 0 radical (unpaired) electrons. The van der Waals surface area contributed by atoms with Gasteiger partial charge in [0.2, 0.25) is 0 Å². The Morgan fingerprint density at radius 2 is 2.11 bits per heavy atom. The van der Waals surface area contributed by atoms with Gasteiger partial charge in [-0.25, -0.2) is 4.68 Å². The Labute approximate surface area is 162 Å². The van der Waals surface area contributed by atoms with E-state index < -0.39 is 36.0 Å². The lowest BCUT2D eigenvalue weighted by Gasteiger charge is -2.34. The van der Waals surface area contributed by atoms with Crippen LogP contribution in [0.15, 0.2) is 18.3 Å². The second-order valence-corrected chi connectivity index (χ2v) is 6.93. The van der Waals surface area contributed by atoms with E-state index in [2.05, 4.69) is 10.3 Å². The first-order chi connectivity index (χ1) is 13.4. The molecule has 1 aromatic heterocycles. The highest BCUT2D eigenvalue weighted by atomic mass is 16.7. The Morgan fingerprint density at radius 3 is 2.75 bits per heavy atom. The Bertz CT molecular complexity index is 729. The minimum absolute atomic E-state index is 0.0531. The van der Waals surface area contributed by atoms with E-state index in [0.717, 1.165) is 6.42 Å². The third-order valence-corrected chi connectivity index (χ3v) is 4.68. The van der Waals surface area contributed by atoms with Gasteiger partial charge in [-0.2, -0.15) is 0 Å². The average molecular weight is 395 g/mol. The van der Waals surface area contributed by atoms with Gasteiger partial charge in [-0.15, -0.1) is 5.10 Å². The zero-order valence-electron chi connectivity index (χ0n) is 15.9. The van der Waals surface area contributed by atoms with Crippen LogP contribution < -0.4 is 0 Å². The summed E-state index contributed by atoms with van der Waals surface area (Å²) in [5.41, 5.74) is -0.262. The van der Waals surface area contributed by atoms with Crippen molar-refractivity contribution in [3.8, 4) is 0 Å². The largest absolute Gasteiger partial charge is 0.463 e. The Kier molecular flexibility index (Phi) is 6.42. The number of carbonyl (C=O) groups excluding carboxylic acids is 2. The van der Waals surface area contributed by atoms with Crippen molar-refractivity contribution >= 4 is 11.9 Å². The standard InChI is InChI=1S/C18H25N3O7/c1-12(22)26-11-15-14(27-13(2)23)4-5-17(28-15)25-9-8-21-10-16(19-20-21)18(24)6-3-7-18/h4-5,10,14-15,17,24H,3,6-9,11H2,1-2H3/t14-,15+,17-/m0/s1. The highest BCUT2D eigenvalue weighted by Gasteiger charge is 2.39. The van der Waals surface area contributed by atoms with Crippen molar-refractivity contribution in [2.45, 2.75) is 63.8 Å². The normalized spacial score (nSPS) is 25.8. The summed E-state index contributed by atoms with van der Waals surface area (Å²) in [5.74, 6) is -0.909. The van der Waals surface area contributed by atoms with Gasteiger partial charge in [0.25, 0.3) is 0 Å². The molecule has 1 saturated carbocycles. The van der Waals surface area contributed by atoms with Crippen LogP contribution in [0.5, 0.6) is 0 Å². The number of nitrogens with zero attached hydrogens (tertiary/aromatic N) is 3. The van der Waals surface area contributed by atoms with Crippen molar-refractivity contribution in [2.24, 2.45) is 0 Å². The van der Waals surface area contributed by atoms with Gasteiger partial charge in [0.15, 0.2) is 6.29 Å². The van der Waals surface area contributed by atoms with Gasteiger partial charge in [-0.3, -0.25) is 9.59 Å². The number of hydrogen-bond acceptors (Lipinski definition) is 9. The molecule has 28 heavy (non-hydrogen) atoms. The van der Waals surface area contributed by atoms with Crippen LogP contribution >= 0.6 is 0 Å². The molecule has 10 heteroatoms. The Hall–Kier alpha value is -2.30. The third-order valence-electron chi connectivity index (χ3n) is 4.68. The van der Waals surface area contributed by atoms with Crippen LogP contribution in [0.4, 0.5) is 0 Å². The quantitative estimate of drug-likeness (QED) is 0.493. The summed E-state index contributed by atoms with van der Waals surface area (Å²) in [4.78, 5) is 22.3. The second kappa shape index (κ2) is 8.80.